The van der Waals surface area contributed by atoms with E-state index in [2.05, 4.69) is 28.4 Å². The number of nitrogens with zero attached hydrogens (tertiary/aromatic N) is 1. The minimum atomic E-state index is -0.0958. The highest BCUT2D eigenvalue weighted by molar-refractivity contribution is 5.93. The van der Waals surface area contributed by atoms with Crippen molar-refractivity contribution in [1.82, 2.24) is 10.2 Å². The lowest BCUT2D eigenvalue weighted by Crippen LogP contribution is -2.30. The van der Waals surface area contributed by atoms with Crippen molar-refractivity contribution in [1.29, 1.82) is 0 Å². The first-order valence-corrected chi connectivity index (χ1v) is 7.92. The highest BCUT2D eigenvalue weighted by Crippen LogP contribution is 2.16. The Morgan fingerprint density at radius 2 is 1.86 bits per heavy atom. The molecule has 1 aliphatic rings. The smallest absolute Gasteiger partial charge is 0.254 e. The number of rotatable bonds is 5. The fourth-order valence-corrected chi connectivity index (χ4v) is 2.91. The predicted octanol–water partition coefficient (Wildman–Crippen LogP) is 3.20. The normalized spacial score (nSPS) is 15.6. The lowest BCUT2D eigenvalue weighted by molar-refractivity contribution is 0.0950. The fraction of sp³-hybridized carbons (Fsp3) is 0.389. The summed E-state index contributed by atoms with van der Waals surface area (Å²) in [6, 6.07) is 10.0. The van der Waals surface area contributed by atoms with Gasteiger partial charge in [0.15, 0.2) is 0 Å². The van der Waals surface area contributed by atoms with Gasteiger partial charge in [-0.2, -0.15) is 0 Å². The van der Waals surface area contributed by atoms with Crippen molar-refractivity contribution < 1.29 is 9.21 Å². The second-order valence-electron chi connectivity index (χ2n) is 5.80. The Hall–Kier alpha value is -2.07. The summed E-state index contributed by atoms with van der Waals surface area (Å²) in [5.74, 6) is -0.0958. The number of likely N-dealkylation sites (tertiary alicyclic amines) is 1. The molecule has 1 aliphatic heterocycles. The summed E-state index contributed by atoms with van der Waals surface area (Å²) in [4.78, 5) is 14.5. The van der Waals surface area contributed by atoms with Crippen LogP contribution in [0.15, 0.2) is 47.3 Å². The lowest BCUT2D eigenvalue weighted by atomic mass is 10.0. The van der Waals surface area contributed by atoms with Crippen LogP contribution >= 0.6 is 0 Å². The Kier molecular flexibility index (Phi) is 4.91. The molecule has 2 heterocycles. The molecule has 0 aliphatic carbocycles. The number of amides is 1. The third kappa shape index (κ3) is 3.77. The molecule has 1 aromatic heterocycles. The highest BCUT2D eigenvalue weighted by Gasteiger charge is 2.13. The summed E-state index contributed by atoms with van der Waals surface area (Å²) >= 11 is 0. The Labute approximate surface area is 131 Å². The Balaban J connectivity index is 1.62. The molecule has 3 rings (SSSR count). The summed E-state index contributed by atoms with van der Waals surface area (Å²) in [7, 11) is 0. The SMILES string of the molecule is O=C(NCc1ccccc1CN1CCCCC1)c1ccoc1. The van der Waals surface area contributed by atoms with Crippen molar-refractivity contribution in [3.63, 3.8) is 0 Å². The fourth-order valence-electron chi connectivity index (χ4n) is 2.91. The van der Waals surface area contributed by atoms with Gasteiger partial charge in [-0.05, 0) is 43.1 Å². The van der Waals surface area contributed by atoms with Gasteiger partial charge in [-0.1, -0.05) is 30.7 Å². The first-order chi connectivity index (χ1) is 10.8. The quantitative estimate of drug-likeness (QED) is 0.922. The largest absolute Gasteiger partial charge is 0.472 e. The Bertz CT molecular complexity index is 601. The topological polar surface area (TPSA) is 45.5 Å². The second kappa shape index (κ2) is 7.27. The van der Waals surface area contributed by atoms with Crippen LogP contribution in [0.25, 0.3) is 0 Å². The number of furan rings is 1. The monoisotopic (exact) mass is 298 g/mol. The zero-order valence-electron chi connectivity index (χ0n) is 12.8. The van der Waals surface area contributed by atoms with Gasteiger partial charge in [-0.25, -0.2) is 0 Å². The minimum Gasteiger partial charge on any atom is -0.472 e. The van der Waals surface area contributed by atoms with Gasteiger partial charge in [-0.3, -0.25) is 9.69 Å². The highest BCUT2D eigenvalue weighted by atomic mass is 16.3. The summed E-state index contributed by atoms with van der Waals surface area (Å²) in [6.45, 7) is 3.87. The van der Waals surface area contributed by atoms with Crippen molar-refractivity contribution in [3.05, 3.63) is 59.5 Å². The van der Waals surface area contributed by atoms with Crippen molar-refractivity contribution in [3.8, 4) is 0 Å². The van der Waals surface area contributed by atoms with Gasteiger partial charge in [0.1, 0.15) is 6.26 Å². The van der Waals surface area contributed by atoms with Crippen LogP contribution in [0.3, 0.4) is 0 Å². The molecule has 2 aromatic rings. The van der Waals surface area contributed by atoms with Crippen LogP contribution in [0, 0.1) is 0 Å². The molecule has 4 heteroatoms. The number of carbonyl (C=O) groups is 1. The Morgan fingerprint density at radius 1 is 1.09 bits per heavy atom. The molecule has 0 atom stereocenters. The van der Waals surface area contributed by atoms with Crippen molar-refractivity contribution in [2.45, 2.75) is 32.4 Å². The van der Waals surface area contributed by atoms with Crippen LogP contribution in [0.1, 0.15) is 40.7 Å². The first kappa shape index (κ1) is 14.9. The van der Waals surface area contributed by atoms with Crippen LogP contribution < -0.4 is 5.32 Å². The number of benzene rings is 1. The van der Waals surface area contributed by atoms with E-state index in [1.54, 1.807) is 6.07 Å². The molecular weight excluding hydrogens is 276 g/mol. The molecule has 1 fully saturated rings. The Morgan fingerprint density at radius 3 is 2.59 bits per heavy atom. The van der Waals surface area contributed by atoms with Gasteiger partial charge < -0.3 is 9.73 Å². The molecule has 0 unspecified atom stereocenters. The molecule has 1 amide bonds. The van der Waals surface area contributed by atoms with E-state index in [-0.39, 0.29) is 5.91 Å². The third-order valence-corrected chi connectivity index (χ3v) is 4.18. The van der Waals surface area contributed by atoms with Gasteiger partial charge in [0.25, 0.3) is 5.91 Å². The molecule has 4 nitrogen and oxygen atoms in total. The summed E-state index contributed by atoms with van der Waals surface area (Å²) in [5, 5.41) is 2.96. The van der Waals surface area contributed by atoms with Gasteiger partial charge >= 0.3 is 0 Å². The molecule has 0 radical (unpaired) electrons. The van der Waals surface area contributed by atoms with Crippen LogP contribution in [-0.2, 0) is 13.1 Å². The van der Waals surface area contributed by atoms with Crippen LogP contribution in [0.5, 0.6) is 0 Å². The van der Waals surface area contributed by atoms with Crippen molar-refractivity contribution in [2.75, 3.05) is 13.1 Å². The predicted molar refractivity (Wildman–Crippen MR) is 85.4 cm³/mol. The molecule has 22 heavy (non-hydrogen) atoms. The van der Waals surface area contributed by atoms with E-state index in [0.29, 0.717) is 12.1 Å². The maximum absolute atomic E-state index is 12.0. The van der Waals surface area contributed by atoms with Gasteiger partial charge in [0, 0.05) is 13.1 Å². The van der Waals surface area contributed by atoms with Crippen LogP contribution in [0.2, 0.25) is 0 Å². The summed E-state index contributed by atoms with van der Waals surface area (Å²) < 4.78 is 4.94. The molecule has 0 spiro atoms. The summed E-state index contributed by atoms with van der Waals surface area (Å²) in [6.07, 6.45) is 6.91. The van der Waals surface area contributed by atoms with Crippen molar-refractivity contribution in [2.24, 2.45) is 0 Å². The average Bonchev–Trinajstić information content (AvgIpc) is 3.09. The van der Waals surface area contributed by atoms with E-state index in [4.69, 9.17) is 4.42 Å². The lowest BCUT2D eigenvalue weighted by Gasteiger charge is -2.27. The number of hydrogen-bond donors (Lipinski definition) is 1. The average molecular weight is 298 g/mol. The molecule has 0 bridgehead atoms. The molecule has 1 aromatic carbocycles. The zero-order valence-corrected chi connectivity index (χ0v) is 12.8. The van der Waals surface area contributed by atoms with E-state index in [1.165, 1.54) is 56.0 Å². The van der Waals surface area contributed by atoms with Crippen LogP contribution in [-0.4, -0.2) is 23.9 Å². The molecular formula is C18H22N2O2. The maximum Gasteiger partial charge on any atom is 0.254 e. The zero-order chi connectivity index (χ0) is 15.2. The van der Waals surface area contributed by atoms with Gasteiger partial charge in [0.05, 0.1) is 11.8 Å². The van der Waals surface area contributed by atoms with E-state index >= 15 is 0 Å². The van der Waals surface area contributed by atoms with Crippen LogP contribution in [0.4, 0.5) is 0 Å². The number of carbonyl (C=O) groups excluding carboxylic acids is 1. The first-order valence-electron chi connectivity index (χ1n) is 7.92. The second-order valence-corrected chi connectivity index (χ2v) is 5.80. The van der Waals surface area contributed by atoms with Crippen molar-refractivity contribution >= 4 is 5.91 Å². The molecule has 1 saturated heterocycles. The number of piperidine rings is 1. The minimum absolute atomic E-state index is 0.0958. The maximum atomic E-state index is 12.0. The van der Waals surface area contributed by atoms with Gasteiger partial charge in [-0.15, -0.1) is 0 Å². The van der Waals surface area contributed by atoms with E-state index in [1.807, 2.05) is 6.07 Å². The molecule has 0 saturated carbocycles. The van der Waals surface area contributed by atoms with E-state index in [9.17, 15) is 4.79 Å². The molecule has 116 valence electrons. The summed E-state index contributed by atoms with van der Waals surface area (Å²) in [5.41, 5.74) is 3.05. The number of nitrogens with one attached hydrogen (secondary N) is 1. The standard InChI is InChI=1S/C18H22N2O2/c21-18(17-8-11-22-14-17)19-12-15-6-2-3-7-16(15)13-20-9-4-1-5-10-20/h2-3,6-8,11,14H,1,4-5,9-10,12-13H2,(H,19,21). The number of hydrogen-bond acceptors (Lipinski definition) is 3. The van der Waals surface area contributed by atoms with Gasteiger partial charge in [0.2, 0.25) is 0 Å². The van der Waals surface area contributed by atoms with E-state index in [0.717, 1.165) is 6.54 Å². The van der Waals surface area contributed by atoms with E-state index < -0.39 is 0 Å². The third-order valence-electron chi connectivity index (χ3n) is 4.18. The molecule has 1 N–H and O–H groups in total.